The number of rotatable bonds is 7. The molecular formula is C17H29N5O. The molecule has 6 nitrogen and oxygen atoms in total. The zero-order chi connectivity index (χ0) is 16.8. The van der Waals surface area contributed by atoms with Crippen LogP contribution in [-0.2, 0) is 11.2 Å². The predicted octanol–water partition coefficient (Wildman–Crippen LogP) is 2.19. The zero-order valence-electron chi connectivity index (χ0n) is 14.3. The molecule has 0 aliphatic carbocycles. The summed E-state index contributed by atoms with van der Waals surface area (Å²) >= 11 is 0. The summed E-state index contributed by atoms with van der Waals surface area (Å²) in [6.07, 6.45) is 6.83. The topological polar surface area (TPSA) is 98.1 Å². The third-order valence-corrected chi connectivity index (χ3v) is 4.61. The Hall–Kier alpha value is -1.85. The number of anilines is 2. The van der Waals surface area contributed by atoms with E-state index in [0.29, 0.717) is 18.3 Å². The maximum Gasteiger partial charge on any atom is 0.222 e. The van der Waals surface area contributed by atoms with Crippen LogP contribution in [0.25, 0.3) is 0 Å². The third-order valence-electron chi connectivity index (χ3n) is 4.61. The molecule has 2 rings (SSSR count). The van der Waals surface area contributed by atoms with E-state index in [1.807, 2.05) is 6.92 Å². The van der Waals surface area contributed by atoms with Gasteiger partial charge in [-0.25, -0.2) is 4.98 Å². The van der Waals surface area contributed by atoms with Gasteiger partial charge in [0.05, 0.1) is 0 Å². The summed E-state index contributed by atoms with van der Waals surface area (Å²) in [4.78, 5) is 22.2. The Morgan fingerprint density at radius 3 is 2.87 bits per heavy atom. The van der Waals surface area contributed by atoms with Crippen molar-refractivity contribution in [2.24, 2.45) is 11.7 Å². The van der Waals surface area contributed by atoms with Gasteiger partial charge in [0, 0.05) is 30.8 Å². The van der Waals surface area contributed by atoms with Gasteiger partial charge < -0.3 is 16.4 Å². The predicted molar refractivity (Wildman–Crippen MR) is 93.2 cm³/mol. The van der Waals surface area contributed by atoms with Gasteiger partial charge in [-0.3, -0.25) is 4.79 Å². The molecule has 0 unspecified atom stereocenters. The molecule has 0 bridgehead atoms. The molecule has 1 atom stereocenters. The van der Waals surface area contributed by atoms with Crippen LogP contribution in [0.4, 0.5) is 11.8 Å². The van der Waals surface area contributed by atoms with Crippen LogP contribution in [0.5, 0.6) is 0 Å². The first-order chi connectivity index (χ1) is 11.0. The van der Waals surface area contributed by atoms with Gasteiger partial charge in [-0.1, -0.05) is 13.3 Å². The highest BCUT2D eigenvalue weighted by atomic mass is 16.1. The molecule has 1 fully saturated rings. The van der Waals surface area contributed by atoms with Crippen LogP contribution < -0.4 is 16.4 Å². The SMILES string of the molecule is CCCCc1c(C)nc(N)nc1N1CCC[C@H](CCC(N)=O)C1. The van der Waals surface area contributed by atoms with Crippen LogP contribution in [0.2, 0.25) is 0 Å². The average molecular weight is 319 g/mol. The quantitative estimate of drug-likeness (QED) is 0.802. The minimum atomic E-state index is -0.215. The largest absolute Gasteiger partial charge is 0.370 e. The van der Waals surface area contributed by atoms with Crippen molar-refractivity contribution in [3.63, 3.8) is 0 Å². The fraction of sp³-hybridized carbons (Fsp3) is 0.706. The molecule has 1 aliphatic rings. The second-order valence-corrected chi connectivity index (χ2v) is 6.53. The van der Waals surface area contributed by atoms with Crippen LogP contribution >= 0.6 is 0 Å². The van der Waals surface area contributed by atoms with Crippen molar-refractivity contribution in [2.75, 3.05) is 23.7 Å². The van der Waals surface area contributed by atoms with Gasteiger partial charge >= 0.3 is 0 Å². The van der Waals surface area contributed by atoms with Gasteiger partial charge in [0.2, 0.25) is 11.9 Å². The molecule has 2 heterocycles. The van der Waals surface area contributed by atoms with E-state index < -0.39 is 0 Å². The summed E-state index contributed by atoms with van der Waals surface area (Å²) in [6.45, 7) is 6.11. The van der Waals surface area contributed by atoms with Crippen molar-refractivity contribution in [1.82, 2.24) is 9.97 Å². The van der Waals surface area contributed by atoms with Crippen molar-refractivity contribution in [3.05, 3.63) is 11.3 Å². The lowest BCUT2D eigenvalue weighted by atomic mass is 9.92. The standard InChI is InChI=1S/C17H29N5O/c1-3-4-7-14-12(2)20-17(19)21-16(14)22-10-5-6-13(11-22)8-9-15(18)23/h13H,3-11H2,1-2H3,(H2,18,23)(H2,19,20,21)/t13-/m1/s1. The van der Waals surface area contributed by atoms with Crippen molar-refractivity contribution < 1.29 is 4.79 Å². The second kappa shape index (κ2) is 8.13. The van der Waals surface area contributed by atoms with E-state index in [1.54, 1.807) is 0 Å². The van der Waals surface area contributed by atoms with Crippen LogP contribution in [-0.4, -0.2) is 29.0 Å². The number of carbonyl (C=O) groups excluding carboxylic acids is 1. The summed E-state index contributed by atoms with van der Waals surface area (Å²) < 4.78 is 0. The Labute approximate surface area is 138 Å². The number of hydrogen-bond donors (Lipinski definition) is 2. The molecule has 1 amide bonds. The zero-order valence-corrected chi connectivity index (χ0v) is 14.3. The van der Waals surface area contributed by atoms with Crippen LogP contribution in [0.3, 0.4) is 0 Å². The van der Waals surface area contributed by atoms with E-state index in [-0.39, 0.29) is 5.91 Å². The van der Waals surface area contributed by atoms with Crippen molar-refractivity contribution in [3.8, 4) is 0 Å². The number of amides is 1. The number of aryl methyl sites for hydroxylation is 1. The molecule has 0 radical (unpaired) electrons. The minimum Gasteiger partial charge on any atom is -0.370 e. The molecule has 1 aromatic rings. The first kappa shape index (κ1) is 17.5. The summed E-state index contributed by atoms with van der Waals surface area (Å²) in [7, 11) is 0. The molecule has 0 saturated carbocycles. The van der Waals surface area contributed by atoms with Gasteiger partial charge in [0.1, 0.15) is 5.82 Å². The number of nitrogens with two attached hydrogens (primary N) is 2. The van der Waals surface area contributed by atoms with Crippen molar-refractivity contribution >= 4 is 17.7 Å². The summed E-state index contributed by atoms with van der Waals surface area (Å²) in [5.74, 6) is 1.61. The number of primary amides is 1. The number of piperidine rings is 1. The summed E-state index contributed by atoms with van der Waals surface area (Å²) in [6, 6.07) is 0. The van der Waals surface area contributed by atoms with Crippen LogP contribution in [0.15, 0.2) is 0 Å². The first-order valence-electron chi connectivity index (χ1n) is 8.67. The van der Waals surface area contributed by atoms with E-state index >= 15 is 0 Å². The Kier molecular flexibility index (Phi) is 6.19. The lowest BCUT2D eigenvalue weighted by Gasteiger charge is -2.35. The van der Waals surface area contributed by atoms with Gasteiger partial charge in [0.25, 0.3) is 0 Å². The fourth-order valence-electron chi connectivity index (χ4n) is 3.35. The van der Waals surface area contributed by atoms with E-state index in [2.05, 4.69) is 21.8 Å². The van der Waals surface area contributed by atoms with Gasteiger partial charge in [-0.05, 0) is 44.9 Å². The second-order valence-electron chi connectivity index (χ2n) is 6.53. The number of unbranched alkanes of at least 4 members (excludes halogenated alkanes) is 1. The van der Waals surface area contributed by atoms with Crippen molar-refractivity contribution in [2.45, 2.75) is 58.8 Å². The monoisotopic (exact) mass is 319 g/mol. The van der Waals surface area contributed by atoms with Crippen LogP contribution in [0.1, 0.15) is 56.7 Å². The maximum atomic E-state index is 11.0. The fourth-order valence-corrected chi connectivity index (χ4v) is 3.35. The third kappa shape index (κ3) is 4.81. The number of hydrogen-bond acceptors (Lipinski definition) is 5. The van der Waals surface area contributed by atoms with Gasteiger partial charge in [-0.2, -0.15) is 4.98 Å². The number of nitrogen functional groups attached to an aromatic ring is 1. The van der Waals surface area contributed by atoms with Gasteiger partial charge in [0.15, 0.2) is 0 Å². The molecule has 1 aromatic heterocycles. The Morgan fingerprint density at radius 1 is 1.39 bits per heavy atom. The van der Waals surface area contributed by atoms with Crippen LogP contribution in [0, 0.1) is 12.8 Å². The van der Waals surface area contributed by atoms with Crippen molar-refractivity contribution in [1.29, 1.82) is 0 Å². The molecule has 1 aliphatic heterocycles. The molecular weight excluding hydrogens is 290 g/mol. The smallest absolute Gasteiger partial charge is 0.222 e. The number of aromatic nitrogens is 2. The Bertz CT molecular complexity index is 546. The van der Waals surface area contributed by atoms with E-state index in [1.165, 1.54) is 5.56 Å². The molecule has 128 valence electrons. The average Bonchev–Trinajstić information content (AvgIpc) is 2.52. The number of nitrogens with zero attached hydrogens (tertiary/aromatic N) is 3. The molecule has 23 heavy (non-hydrogen) atoms. The minimum absolute atomic E-state index is 0.215. The number of carbonyl (C=O) groups is 1. The highest BCUT2D eigenvalue weighted by Crippen LogP contribution is 2.29. The van der Waals surface area contributed by atoms with E-state index in [0.717, 1.165) is 63.1 Å². The normalized spacial score (nSPS) is 18.2. The maximum absolute atomic E-state index is 11.0. The van der Waals surface area contributed by atoms with E-state index in [9.17, 15) is 4.79 Å². The lowest BCUT2D eigenvalue weighted by molar-refractivity contribution is -0.118. The highest BCUT2D eigenvalue weighted by Gasteiger charge is 2.24. The molecule has 0 spiro atoms. The Morgan fingerprint density at radius 2 is 2.17 bits per heavy atom. The summed E-state index contributed by atoms with van der Waals surface area (Å²) in [5, 5.41) is 0. The molecule has 6 heteroatoms. The summed E-state index contributed by atoms with van der Waals surface area (Å²) in [5.41, 5.74) is 13.4. The lowest BCUT2D eigenvalue weighted by Crippen LogP contribution is -2.37. The first-order valence-corrected chi connectivity index (χ1v) is 8.67. The Balaban J connectivity index is 2.17. The molecule has 4 N–H and O–H groups in total. The highest BCUT2D eigenvalue weighted by molar-refractivity contribution is 5.73. The molecule has 0 aromatic carbocycles. The van der Waals surface area contributed by atoms with E-state index in [4.69, 9.17) is 11.5 Å². The molecule has 1 saturated heterocycles. The van der Waals surface area contributed by atoms with Gasteiger partial charge in [-0.15, -0.1) is 0 Å².